The van der Waals surface area contributed by atoms with Gasteiger partial charge in [0.1, 0.15) is 6.04 Å². The first-order valence-electron chi connectivity index (χ1n) is 8.51. The van der Waals surface area contributed by atoms with E-state index >= 15 is 0 Å². The average molecular weight is 390 g/mol. The molecule has 4 rings (SSSR count). The summed E-state index contributed by atoms with van der Waals surface area (Å²) in [6.07, 6.45) is 2.44. The Morgan fingerprint density at radius 1 is 1.15 bits per heavy atom. The first-order chi connectivity index (χ1) is 12.6. The largest absolute Gasteiger partial charge is 0.418 e. The van der Waals surface area contributed by atoms with Crippen molar-refractivity contribution in [1.82, 2.24) is 14.5 Å². The van der Waals surface area contributed by atoms with Crippen molar-refractivity contribution >= 4 is 21.4 Å². The van der Waals surface area contributed by atoms with E-state index < -0.39 is 16.1 Å². The van der Waals surface area contributed by atoms with Gasteiger partial charge in [-0.15, -0.1) is 21.5 Å². The van der Waals surface area contributed by atoms with Crippen molar-refractivity contribution in [2.45, 2.75) is 37.1 Å². The van der Waals surface area contributed by atoms with Gasteiger partial charge in [-0.3, -0.25) is 0 Å². The molecule has 0 radical (unpaired) electrons. The van der Waals surface area contributed by atoms with Gasteiger partial charge in [0.15, 0.2) is 0 Å². The Morgan fingerprint density at radius 2 is 1.96 bits per heavy atom. The zero-order valence-corrected chi connectivity index (χ0v) is 16.0. The number of aryl methyl sites for hydroxylation is 1. The number of aromatic nitrogens is 2. The van der Waals surface area contributed by atoms with Gasteiger partial charge < -0.3 is 4.42 Å². The maximum absolute atomic E-state index is 13.2. The van der Waals surface area contributed by atoms with Crippen LogP contribution in [-0.4, -0.2) is 29.5 Å². The monoisotopic (exact) mass is 389 g/mol. The first-order valence-corrected chi connectivity index (χ1v) is 10.8. The normalized spacial score (nSPS) is 18.9. The molecule has 1 saturated heterocycles. The van der Waals surface area contributed by atoms with Crippen LogP contribution in [0, 0.1) is 6.92 Å². The standard InChI is InChI=1S/C18H19N3O3S2/c1-13-7-9-14(10-8-13)26(22,23)21-11-3-2-5-15(21)17-19-20-18(24-17)16-6-4-12-25-16/h4,6-10,12,15H,2-3,5,11H2,1H3. The number of benzene rings is 1. The van der Waals surface area contributed by atoms with Crippen LogP contribution < -0.4 is 0 Å². The molecule has 3 heterocycles. The van der Waals surface area contributed by atoms with Crippen LogP contribution >= 0.6 is 11.3 Å². The predicted molar refractivity (Wildman–Crippen MR) is 99.3 cm³/mol. The fraction of sp³-hybridized carbons (Fsp3) is 0.333. The summed E-state index contributed by atoms with van der Waals surface area (Å²) in [4.78, 5) is 1.18. The van der Waals surface area contributed by atoms with Crippen LogP contribution in [0.1, 0.15) is 36.8 Å². The fourth-order valence-electron chi connectivity index (χ4n) is 3.15. The molecular weight excluding hydrogens is 370 g/mol. The van der Waals surface area contributed by atoms with E-state index in [-0.39, 0.29) is 0 Å². The second-order valence-electron chi connectivity index (χ2n) is 6.36. The maximum Gasteiger partial charge on any atom is 0.257 e. The van der Waals surface area contributed by atoms with Gasteiger partial charge in [-0.05, 0) is 43.3 Å². The third kappa shape index (κ3) is 3.20. The molecule has 1 aliphatic rings. The first kappa shape index (κ1) is 17.4. The lowest BCUT2D eigenvalue weighted by molar-refractivity contribution is 0.220. The molecule has 1 aromatic carbocycles. The van der Waals surface area contributed by atoms with Crippen LogP contribution in [-0.2, 0) is 10.0 Å². The minimum atomic E-state index is -3.61. The lowest BCUT2D eigenvalue weighted by Gasteiger charge is -2.32. The molecule has 0 bridgehead atoms. The Balaban J connectivity index is 1.67. The highest BCUT2D eigenvalue weighted by Gasteiger charge is 2.37. The van der Waals surface area contributed by atoms with Crippen molar-refractivity contribution in [2.24, 2.45) is 0 Å². The molecule has 2 aromatic heterocycles. The van der Waals surface area contributed by atoms with E-state index in [4.69, 9.17) is 4.42 Å². The average Bonchev–Trinajstić information content (AvgIpc) is 3.34. The minimum Gasteiger partial charge on any atom is -0.418 e. The van der Waals surface area contributed by atoms with Gasteiger partial charge >= 0.3 is 0 Å². The van der Waals surface area contributed by atoms with Crippen molar-refractivity contribution in [3.8, 4) is 10.8 Å². The quantitative estimate of drug-likeness (QED) is 0.673. The topological polar surface area (TPSA) is 76.3 Å². The van der Waals surface area contributed by atoms with Gasteiger partial charge in [-0.1, -0.05) is 30.2 Å². The molecule has 1 atom stereocenters. The number of thiophene rings is 1. The smallest absolute Gasteiger partial charge is 0.257 e. The summed E-state index contributed by atoms with van der Waals surface area (Å²) in [6, 6.07) is 10.3. The van der Waals surface area contributed by atoms with Crippen LogP contribution in [0.5, 0.6) is 0 Å². The number of hydrogen-bond acceptors (Lipinski definition) is 6. The third-order valence-electron chi connectivity index (χ3n) is 4.54. The second kappa shape index (κ2) is 6.94. The van der Waals surface area contributed by atoms with E-state index in [1.165, 1.54) is 15.6 Å². The lowest BCUT2D eigenvalue weighted by atomic mass is 10.1. The summed E-state index contributed by atoms with van der Waals surface area (Å²) in [5, 5.41) is 10.2. The highest BCUT2D eigenvalue weighted by Crippen LogP contribution is 2.36. The molecule has 1 fully saturated rings. The maximum atomic E-state index is 13.2. The molecule has 136 valence electrons. The molecule has 8 heteroatoms. The van der Waals surface area contributed by atoms with Crippen molar-refractivity contribution in [3.05, 3.63) is 53.2 Å². The van der Waals surface area contributed by atoms with Gasteiger partial charge in [0.25, 0.3) is 5.89 Å². The zero-order chi connectivity index (χ0) is 18.1. The summed E-state index contributed by atoms with van der Waals surface area (Å²) >= 11 is 1.51. The fourth-order valence-corrected chi connectivity index (χ4v) is 5.45. The molecule has 3 aromatic rings. The van der Waals surface area contributed by atoms with Gasteiger partial charge in [0.2, 0.25) is 15.9 Å². The number of hydrogen-bond donors (Lipinski definition) is 0. The van der Waals surface area contributed by atoms with Crippen LogP contribution in [0.25, 0.3) is 10.8 Å². The highest BCUT2D eigenvalue weighted by molar-refractivity contribution is 7.89. The Hall–Kier alpha value is -2.03. The third-order valence-corrected chi connectivity index (χ3v) is 7.32. The molecule has 0 N–H and O–H groups in total. The van der Waals surface area contributed by atoms with E-state index in [2.05, 4.69) is 10.2 Å². The van der Waals surface area contributed by atoms with Gasteiger partial charge in [-0.25, -0.2) is 8.42 Å². The summed E-state index contributed by atoms with van der Waals surface area (Å²) in [5.74, 6) is 0.803. The van der Waals surface area contributed by atoms with Crippen molar-refractivity contribution in [2.75, 3.05) is 6.54 Å². The van der Waals surface area contributed by atoms with Crippen molar-refractivity contribution in [3.63, 3.8) is 0 Å². The number of nitrogens with zero attached hydrogens (tertiary/aromatic N) is 3. The van der Waals surface area contributed by atoms with Crippen LogP contribution in [0.3, 0.4) is 0 Å². The Bertz CT molecular complexity index is 979. The number of sulfonamides is 1. The molecule has 0 saturated carbocycles. The summed E-state index contributed by atoms with van der Waals surface area (Å²) in [6.45, 7) is 2.39. The highest BCUT2D eigenvalue weighted by atomic mass is 32.2. The van der Waals surface area contributed by atoms with Crippen LogP contribution in [0.15, 0.2) is 51.1 Å². The summed E-state index contributed by atoms with van der Waals surface area (Å²) < 4.78 is 33.6. The Kier molecular flexibility index (Phi) is 4.64. The molecule has 6 nitrogen and oxygen atoms in total. The Labute approximate surface area is 156 Å². The summed E-state index contributed by atoms with van der Waals surface area (Å²) in [7, 11) is -3.61. The molecule has 0 spiro atoms. The second-order valence-corrected chi connectivity index (χ2v) is 9.20. The van der Waals surface area contributed by atoms with Crippen LogP contribution in [0.2, 0.25) is 0 Å². The van der Waals surface area contributed by atoms with E-state index in [1.54, 1.807) is 12.1 Å². The molecular formula is C18H19N3O3S2. The SMILES string of the molecule is Cc1ccc(S(=O)(=O)N2CCCCC2c2nnc(-c3cccs3)o2)cc1. The van der Waals surface area contributed by atoms with Crippen LogP contribution in [0.4, 0.5) is 0 Å². The number of piperidine rings is 1. The van der Waals surface area contributed by atoms with Gasteiger partial charge in [-0.2, -0.15) is 4.31 Å². The minimum absolute atomic E-state index is 0.299. The van der Waals surface area contributed by atoms with Crippen molar-refractivity contribution in [1.29, 1.82) is 0 Å². The van der Waals surface area contributed by atoms with E-state index in [1.807, 2.05) is 36.6 Å². The summed E-state index contributed by atoms with van der Waals surface area (Å²) in [5.41, 5.74) is 1.02. The molecule has 1 aliphatic heterocycles. The zero-order valence-electron chi connectivity index (χ0n) is 14.3. The van der Waals surface area contributed by atoms with Crippen molar-refractivity contribution < 1.29 is 12.8 Å². The molecule has 0 amide bonds. The van der Waals surface area contributed by atoms with E-state index in [9.17, 15) is 8.42 Å². The molecule has 0 aliphatic carbocycles. The van der Waals surface area contributed by atoms with Gasteiger partial charge in [0, 0.05) is 6.54 Å². The molecule has 26 heavy (non-hydrogen) atoms. The number of rotatable bonds is 4. The van der Waals surface area contributed by atoms with E-state index in [0.717, 1.165) is 23.3 Å². The lowest BCUT2D eigenvalue weighted by Crippen LogP contribution is -2.38. The molecule has 1 unspecified atom stereocenters. The van der Waals surface area contributed by atoms with Gasteiger partial charge in [0.05, 0.1) is 9.77 Å². The Morgan fingerprint density at radius 3 is 2.69 bits per heavy atom. The predicted octanol–water partition coefficient (Wildman–Crippen LogP) is 4.02. The van der Waals surface area contributed by atoms with E-state index in [0.29, 0.717) is 29.6 Å².